The fourth-order valence-electron chi connectivity index (χ4n) is 1.93. The van der Waals surface area contributed by atoms with Crippen molar-refractivity contribution in [3.8, 4) is 0 Å². The maximum atomic E-state index is 5.81. The molecule has 0 spiro atoms. The summed E-state index contributed by atoms with van der Waals surface area (Å²) in [4.78, 5) is 5.78. The maximum absolute atomic E-state index is 5.81. The molecule has 0 aliphatic carbocycles. The van der Waals surface area contributed by atoms with Crippen LogP contribution in [0.1, 0.15) is 49.1 Å². The van der Waals surface area contributed by atoms with Gasteiger partial charge in [-0.1, -0.05) is 6.92 Å². The molecule has 0 saturated carbocycles. The fraction of sp³-hybridized carbons (Fsp3) is 0.750. The minimum Gasteiger partial charge on any atom is -0.368 e. The van der Waals surface area contributed by atoms with Crippen molar-refractivity contribution >= 4 is 11.3 Å². The highest BCUT2D eigenvalue weighted by Gasteiger charge is 2.25. The summed E-state index contributed by atoms with van der Waals surface area (Å²) in [6, 6.07) is 0. The largest absolute Gasteiger partial charge is 0.368 e. The highest BCUT2D eigenvalue weighted by Crippen LogP contribution is 2.34. The van der Waals surface area contributed by atoms with Gasteiger partial charge in [0.25, 0.3) is 0 Å². The van der Waals surface area contributed by atoms with Gasteiger partial charge in [0, 0.05) is 17.6 Å². The van der Waals surface area contributed by atoms with Crippen LogP contribution in [0.4, 0.5) is 0 Å². The van der Waals surface area contributed by atoms with Gasteiger partial charge in [0.1, 0.15) is 11.1 Å². The number of nitrogens with one attached hydrogen (secondary N) is 1. The number of thiazole rings is 1. The standard InChI is InChI=1S/C12H20N2OS/c1-3-6-13-7-10-8-14-12(16-10)11-5-4-9(2)15-11/h8-9,11,13H,3-7H2,1-2H3. The third kappa shape index (κ3) is 3.03. The number of aromatic nitrogens is 1. The molecule has 0 bridgehead atoms. The van der Waals surface area contributed by atoms with Gasteiger partial charge in [0.05, 0.1) is 6.10 Å². The minimum absolute atomic E-state index is 0.250. The van der Waals surface area contributed by atoms with Gasteiger partial charge >= 0.3 is 0 Å². The molecule has 1 aromatic heterocycles. The number of hydrogen-bond acceptors (Lipinski definition) is 4. The summed E-state index contributed by atoms with van der Waals surface area (Å²) in [5, 5.41) is 4.54. The lowest BCUT2D eigenvalue weighted by atomic mass is 10.2. The molecule has 1 aliphatic heterocycles. The minimum atomic E-state index is 0.250. The second-order valence-electron chi connectivity index (χ2n) is 4.35. The van der Waals surface area contributed by atoms with Crippen LogP contribution in [0.25, 0.3) is 0 Å². The molecule has 2 unspecified atom stereocenters. The van der Waals surface area contributed by atoms with Gasteiger partial charge in [0.2, 0.25) is 0 Å². The molecule has 2 rings (SSSR count). The average molecular weight is 240 g/mol. The third-order valence-electron chi connectivity index (χ3n) is 2.80. The van der Waals surface area contributed by atoms with E-state index in [0.29, 0.717) is 6.10 Å². The number of rotatable bonds is 5. The van der Waals surface area contributed by atoms with E-state index in [1.54, 1.807) is 11.3 Å². The predicted octanol–water partition coefficient (Wildman–Crippen LogP) is 2.88. The van der Waals surface area contributed by atoms with Crippen LogP contribution in [0.15, 0.2) is 6.20 Å². The second kappa shape index (κ2) is 5.75. The van der Waals surface area contributed by atoms with E-state index in [2.05, 4.69) is 24.1 Å². The predicted molar refractivity (Wildman–Crippen MR) is 66.6 cm³/mol. The first kappa shape index (κ1) is 12.0. The zero-order valence-electron chi connectivity index (χ0n) is 10.0. The number of nitrogens with zero attached hydrogens (tertiary/aromatic N) is 1. The van der Waals surface area contributed by atoms with E-state index in [1.807, 2.05) is 6.20 Å². The van der Waals surface area contributed by atoms with E-state index in [0.717, 1.165) is 30.9 Å². The van der Waals surface area contributed by atoms with Crippen LogP contribution in [0, 0.1) is 0 Å². The third-order valence-corrected chi connectivity index (χ3v) is 3.89. The molecule has 1 saturated heterocycles. The van der Waals surface area contributed by atoms with E-state index in [4.69, 9.17) is 4.74 Å². The van der Waals surface area contributed by atoms with Gasteiger partial charge in [-0.25, -0.2) is 4.98 Å². The lowest BCUT2D eigenvalue weighted by Gasteiger charge is -2.06. The highest BCUT2D eigenvalue weighted by molar-refractivity contribution is 7.11. The Kier molecular flexibility index (Phi) is 4.32. The monoisotopic (exact) mass is 240 g/mol. The van der Waals surface area contributed by atoms with Gasteiger partial charge in [-0.15, -0.1) is 11.3 Å². The molecular weight excluding hydrogens is 220 g/mol. The fourth-order valence-corrected chi connectivity index (χ4v) is 2.88. The zero-order valence-corrected chi connectivity index (χ0v) is 10.8. The molecule has 0 aromatic carbocycles. The quantitative estimate of drug-likeness (QED) is 0.804. The van der Waals surface area contributed by atoms with Gasteiger partial charge in [-0.3, -0.25) is 0 Å². The Balaban J connectivity index is 1.87. The molecule has 0 radical (unpaired) electrons. The van der Waals surface area contributed by atoms with Crippen molar-refractivity contribution < 1.29 is 4.74 Å². The van der Waals surface area contributed by atoms with Gasteiger partial charge in [-0.2, -0.15) is 0 Å². The van der Waals surface area contributed by atoms with Gasteiger partial charge < -0.3 is 10.1 Å². The normalized spacial score (nSPS) is 25.1. The molecule has 1 aliphatic rings. The summed E-state index contributed by atoms with van der Waals surface area (Å²) in [6.45, 7) is 6.33. The van der Waals surface area contributed by atoms with Crippen molar-refractivity contribution in [3.63, 3.8) is 0 Å². The molecule has 1 N–H and O–H groups in total. The molecule has 1 fully saturated rings. The van der Waals surface area contributed by atoms with Crippen molar-refractivity contribution in [3.05, 3.63) is 16.1 Å². The van der Waals surface area contributed by atoms with Crippen molar-refractivity contribution in [1.29, 1.82) is 0 Å². The van der Waals surface area contributed by atoms with Crippen molar-refractivity contribution in [2.75, 3.05) is 6.54 Å². The summed E-state index contributed by atoms with van der Waals surface area (Å²) in [5.74, 6) is 0. The van der Waals surface area contributed by atoms with Crippen LogP contribution in [0.2, 0.25) is 0 Å². The molecule has 2 heterocycles. The second-order valence-corrected chi connectivity index (χ2v) is 5.50. The zero-order chi connectivity index (χ0) is 11.4. The van der Waals surface area contributed by atoms with Crippen LogP contribution in [-0.4, -0.2) is 17.6 Å². The number of hydrogen-bond donors (Lipinski definition) is 1. The molecule has 1 aromatic rings. The topological polar surface area (TPSA) is 34.2 Å². The first-order valence-corrected chi connectivity index (χ1v) is 6.92. The van der Waals surface area contributed by atoms with E-state index in [1.165, 1.54) is 11.3 Å². The van der Waals surface area contributed by atoms with E-state index in [-0.39, 0.29) is 6.10 Å². The highest BCUT2D eigenvalue weighted by atomic mass is 32.1. The summed E-state index contributed by atoms with van der Waals surface area (Å²) < 4.78 is 5.81. The Morgan fingerprint density at radius 2 is 2.44 bits per heavy atom. The molecular formula is C12H20N2OS. The van der Waals surface area contributed by atoms with Gasteiger partial charge in [0.15, 0.2) is 0 Å². The molecule has 4 heteroatoms. The van der Waals surface area contributed by atoms with Crippen LogP contribution < -0.4 is 5.32 Å². The van der Waals surface area contributed by atoms with E-state index in [9.17, 15) is 0 Å². The summed E-state index contributed by atoms with van der Waals surface area (Å²) in [7, 11) is 0. The Hall–Kier alpha value is -0.450. The summed E-state index contributed by atoms with van der Waals surface area (Å²) in [5.41, 5.74) is 0. The van der Waals surface area contributed by atoms with Crippen LogP contribution in [0.5, 0.6) is 0 Å². The average Bonchev–Trinajstić information content (AvgIpc) is 2.87. The summed E-state index contributed by atoms with van der Waals surface area (Å²) in [6.07, 6.45) is 6.09. The van der Waals surface area contributed by atoms with Crippen LogP contribution in [0.3, 0.4) is 0 Å². The lowest BCUT2D eigenvalue weighted by Crippen LogP contribution is -2.12. The molecule has 0 amide bonds. The lowest BCUT2D eigenvalue weighted by molar-refractivity contribution is 0.0554. The Morgan fingerprint density at radius 1 is 1.56 bits per heavy atom. The Morgan fingerprint density at radius 3 is 3.12 bits per heavy atom. The maximum Gasteiger partial charge on any atom is 0.122 e. The molecule has 90 valence electrons. The van der Waals surface area contributed by atoms with Crippen molar-refractivity contribution in [1.82, 2.24) is 10.3 Å². The van der Waals surface area contributed by atoms with Crippen molar-refractivity contribution in [2.24, 2.45) is 0 Å². The number of ether oxygens (including phenoxy) is 1. The SMILES string of the molecule is CCCNCc1cnc(C2CCC(C)O2)s1. The van der Waals surface area contributed by atoms with Gasteiger partial charge in [-0.05, 0) is 32.7 Å². The Bertz CT molecular complexity index is 327. The van der Waals surface area contributed by atoms with Crippen LogP contribution in [-0.2, 0) is 11.3 Å². The molecule has 3 nitrogen and oxygen atoms in total. The summed E-state index contributed by atoms with van der Waals surface area (Å²) >= 11 is 1.78. The van der Waals surface area contributed by atoms with Crippen LogP contribution >= 0.6 is 11.3 Å². The van der Waals surface area contributed by atoms with E-state index < -0.39 is 0 Å². The molecule has 2 atom stereocenters. The molecule has 16 heavy (non-hydrogen) atoms. The first-order chi connectivity index (χ1) is 7.79. The van der Waals surface area contributed by atoms with E-state index >= 15 is 0 Å². The first-order valence-electron chi connectivity index (χ1n) is 6.10. The van der Waals surface area contributed by atoms with Crippen molar-refractivity contribution in [2.45, 2.75) is 51.9 Å². The Labute approximate surface area is 101 Å². The smallest absolute Gasteiger partial charge is 0.122 e.